The van der Waals surface area contributed by atoms with Crippen LogP contribution in [0.2, 0.25) is 0 Å². The second-order valence-electron chi connectivity index (χ2n) is 5.92. The molecule has 3 aromatic rings. The van der Waals surface area contributed by atoms with Gasteiger partial charge >= 0.3 is 0 Å². The standard InChI is InChI=1S/C20H16FN5O2/c1-13(12-28-17-7-6-14(10-22)11-25-17)26-20(27)15-4-2-5-16(21)18(15)19-23-8-3-9-24-19/h2-9,11,13H,12H2,1H3,(H,26,27). The van der Waals surface area contributed by atoms with Crippen molar-refractivity contribution < 1.29 is 13.9 Å². The molecular weight excluding hydrogens is 361 g/mol. The quantitative estimate of drug-likeness (QED) is 0.709. The molecule has 0 saturated heterocycles. The molecule has 2 aromatic heterocycles. The third-order valence-corrected chi connectivity index (χ3v) is 3.77. The van der Waals surface area contributed by atoms with E-state index in [2.05, 4.69) is 20.3 Å². The molecule has 140 valence electrons. The normalized spacial score (nSPS) is 11.3. The average molecular weight is 377 g/mol. The molecule has 8 heteroatoms. The molecule has 0 aliphatic heterocycles. The van der Waals surface area contributed by atoms with Crippen LogP contribution in [0, 0.1) is 17.1 Å². The van der Waals surface area contributed by atoms with E-state index in [1.165, 1.54) is 36.8 Å². The lowest BCUT2D eigenvalue weighted by Gasteiger charge is -2.16. The Morgan fingerprint density at radius 2 is 2.00 bits per heavy atom. The summed E-state index contributed by atoms with van der Waals surface area (Å²) in [6.45, 7) is 1.90. The number of benzene rings is 1. The van der Waals surface area contributed by atoms with E-state index in [-0.39, 0.29) is 29.6 Å². The number of nitriles is 1. The molecule has 1 aromatic carbocycles. The van der Waals surface area contributed by atoms with Crippen LogP contribution in [0.3, 0.4) is 0 Å². The van der Waals surface area contributed by atoms with Crippen LogP contribution in [0.1, 0.15) is 22.8 Å². The van der Waals surface area contributed by atoms with Crippen LogP contribution >= 0.6 is 0 Å². The highest BCUT2D eigenvalue weighted by molar-refractivity contribution is 6.00. The number of ether oxygens (including phenoxy) is 1. The molecule has 0 saturated carbocycles. The van der Waals surface area contributed by atoms with Crippen LogP contribution in [0.15, 0.2) is 55.0 Å². The summed E-state index contributed by atoms with van der Waals surface area (Å²) in [7, 11) is 0. The van der Waals surface area contributed by atoms with Crippen molar-refractivity contribution in [2.45, 2.75) is 13.0 Å². The highest BCUT2D eigenvalue weighted by atomic mass is 19.1. The van der Waals surface area contributed by atoms with E-state index in [0.717, 1.165) is 0 Å². The van der Waals surface area contributed by atoms with E-state index in [1.807, 2.05) is 6.07 Å². The van der Waals surface area contributed by atoms with Crippen molar-refractivity contribution >= 4 is 5.91 Å². The van der Waals surface area contributed by atoms with Gasteiger partial charge < -0.3 is 10.1 Å². The Morgan fingerprint density at radius 3 is 2.68 bits per heavy atom. The first-order chi connectivity index (χ1) is 13.6. The highest BCUT2D eigenvalue weighted by Crippen LogP contribution is 2.23. The number of carbonyl (C=O) groups is 1. The number of rotatable bonds is 6. The highest BCUT2D eigenvalue weighted by Gasteiger charge is 2.20. The van der Waals surface area contributed by atoms with Crippen molar-refractivity contribution in [2.75, 3.05) is 6.61 Å². The lowest BCUT2D eigenvalue weighted by atomic mass is 10.0. The Bertz CT molecular complexity index is 1000. The number of amides is 1. The Morgan fingerprint density at radius 1 is 1.21 bits per heavy atom. The monoisotopic (exact) mass is 377 g/mol. The molecule has 0 fully saturated rings. The molecule has 1 atom stereocenters. The van der Waals surface area contributed by atoms with Crippen molar-refractivity contribution in [3.05, 3.63) is 71.9 Å². The van der Waals surface area contributed by atoms with Gasteiger partial charge in [0.25, 0.3) is 5.91 Å². The number of pyridine rings is 1. The molecule has 1 unspecified atom stereocenters. The van der Waals surface area contributed by atoms with E-state index in [9.17, 15) is 9.18 Å². The Balaban J connectivity index is 1.69. The van der Waals surface area contributed by atoms with Gasteiger partial charge in [-0.15, -0.1) is 0 Å². The molecule has 7 nitrogen and oxygen atoms in total. The lowest BCUT2D eigenvalue weighted by Crippen LogP contribution is -2.37. The third kappa shape index (κ3) is 4.45. The van der Waals surface area contributed by atoms with Crippen LogP contribution in [-0.2, 0) is 0 Å². The SMILES string of the molecule is CC(COc1ccc(C#N)cn1)NC(=O)c1cccc(F)c1-c1ncccn1. The van der Waals surface area contributed by atoms with Gasteiger partial charge in [0.15, 0.2) is 5.82 Å². The fourth-order valence-electron chi connectivity index (χ4n) is 2.45. The maximum absolute atomic E-state index is 14.3. The van der Waals surface area contributed by atoms with Crippen molar-refractivity contribution in [1.29, 1.82) is 5.26 Å². The number of carbonyl (C=O) groups excluding carboxylic acids is 1. The Hall–Kier alpha value is -3.86. The smallest absolute Gasteiger partial charge is 0.252 e. The predicted octanol–water partition coefficient (Wildman–Crippen LogP) is 2.75. The first-order valence-electron chi connectivity index (χ1n) is 8.44. The summed E-state index contributed by atoms with van der Waals surface area (Å²) in [6, 6.07) is 10.6. The average Bonchev–Trinajstić information content (AvgIpc) is 2.73. The maximum atomic E-state index is 14.3. The molecule has 2 heterocycles. The van der Waals surface area contributed by atoms with Crippen molar-refractivity contribution in [3.8, 4) is 23.3 Å². The molecule has 0 aliphatic carbocycles. The molecule has 0 radical (unpaired) electrons. The molecule has 0 spiro atoms. The number of nitrogens with zero attached hydrogens (tertiary/aromatic N) is 4. The molecule has 3 rings (SSSR count). The van der Waals surface area contributed by atoms with Crippen LogP contribution in [0.25, 0.3) is 11.4 Å². The zero-order chi connectivity index (χ0) is 19.9. The molecule has 28 heavy (non-hydrogen) atoms. The van der Waals surface area contributed by atoms with Gasteiger partial charge in [-0.3, -0.25) is 4.79 Å². The van der Waals surface area contributed by atoms with E-state index < -0.39 is 11.7 Å². The van der Waals surface area contributed by atoms with Gasteiger partial charge in [0.2, 0.25) is 5.88 Å². The lowest BCUT2D eigenvalue weighted by molar-refractivity contribution is 0.0926. The fourth-order valence-corrected chi connectivity index (χ4v) is 2.45. The van der Waals surface area contributed by atoms with E-state index in [0.29, 0.717) is 11.4 Å². The van der Waals surface area contributed by atoms with Crippen molar-refractivity contribution in [2.24, 2.45) is 0 Å². The molecular formula is C20H16FN5O2. The summed E-state index contributed by atoms with van der Waals surface area (Å²) in [6.07, 6.45) is 4.37. The van der Waals surface area contributed by atoms with Gasteiger partial charge in [0.05, 0.1) is 22.7 Å². The largest absolute Gasteiger partial charge is 0.475 e. The van der Waals surface area contributed by atoms with Crippen LogP contribution in [0.5, 0.6) is 5.88 Å². The Labute approximate surface area is 160 Å². The number of hydrogen-bond acceptors (Lipinski definition) is 6. The van der Waals surface area contributed by atoms with E-state index in [4.69, 9.17) is 10.00 Å². The summed E-state index contributed by atoms with van der Waals surface area (Å²) in [4.78, 5) is 24.7. The molecule has 0 aliphatic rings. The first-order valence-corrected chi connectivity index (χ1v) is 8.44. The van der Waals surface area contributed by atoms with Gasteiger partial charge in [0.1, 0.15) is 18.5 Å². The second kappa shape index (κ2) is 8.68. The fraction of sp³-hybridized carbons (Fsp3) is 0.150. The molecule has 1 amide bonds. The van der Waals surface area contributed by atoms with Crippen LogP contribution in [0.4, 0.5) is 4.39 Å². The van der Waals surface area contributed by atoms with Gasteiger partial charge in [-0.2, -0.15) is 5.26 Å². The molecule has 1 N–H and O–H groups in total. The first kappa shape index (κ1) is 18.9. The summed E-state index contributed by atoms with van der Waals surface area (Å²) >= 11 is 0. The zero-order valence-electron chi connectivity index (χ0n) is 15.0. The van der Waals surface area contributed by atoms with Gasteiger partial charge in [-0.1, -0.05) is 6.07 Å². The van der Waals surface area contributed by atoms with Crippen LogP contribution < -0.4 is 10.1 Å². The number of nitrogens with one attached hydrogen (secondary N) is 1. The Kier molecular flexibility index (Phi) is 5.87. The van der Waals surface area contributed by atoms with E-state index >= 15 is 0 Å². The van der Waals surface area contributed by atoms with Crippen LogP contribution in [-0.4, -0.2) is 33.5 Å². The number of aromatic nitrogens is 3. The summed E-state index contributed by atoms with van der Waals surface area (Å²) < 4.78 is 19.9. The zero-order valence-corrected chi connectivity index (χ0v) is 15.0. The van der Waals surface area contributed by atoms with Gasteiger partial charge in [-0.05, 0) is 31.2 Å². The topological polar surface area (TPSA) is 101 Å². The summed E-state index contributed by atoms with van der Waals surface area (Å²) in [5.74, 6) is -0.573. The third-order valence-electron chi connectivity index (χ3n) is 3.77. The minimum atomic E-state index is -0.579. The summed E-state index contributed by atoms with van der Waals surface area (Å²) in [5, 5.41) is 11.5. The van der Waals surface area contributed by atoms with Crippen molar-refractivity contribution in [1.82, 2.24) is 20.3 Å². The molecule has 0 bridgehead atoms. The minimum absolute atomic E-state index is 0.0440. The number of halogens is 1. The van der Waals surface area contributed by atoms with Crippen molar-refractivity contribution in [3.63, 3.8) is 0 Å². The van der Waals surface area contributed by atoms with Gasteiger partial charge in [-0.25, -0.2) is 19.3 Å². The maximum Gasteiger partial charge on any atom is 0.252 e. The van der Waals surface area contributed by atoms with E-state index in [1.54, 1.807) is 25.1 Å². The predicted molar refractivity (Wildman–Crippen MR) is 98.8 cm³/mol. The van der Waals surface area contributed by atoms with Gasteiger partial charge in [0, 0.05) is 24.7 Å². The second-order valence-corrected chi connectivity index (χ2v) is 5.92. The minimum Gasteiger partial charge on any atom is -0.475 e. The number of hydrogen-bond donors (Lipinski definition) is 1. The summed E-state index contributed by atoms with van der Waals surface area (Å²) in [5.41, 5.74) is 0.604.